The molecule has 80 valence electrons. The number of hydrogen-bond donors (Lipinski definition) is 0. The van der Waals surface area contributed by atoms with Gasteiger partial charge in [-0.3, -0.25) is 0 Å². The lowest BCUT2D eigenvalue weighted by Crippen LogP contribution is -1.73. The van der Waals surface area contributed by atoms with E-state index in [9.17, 15) is 0 Å². The van der Waals surface area contributed by atoms with E-state index in [-0.39, 0.29) is 0 Å². The van der Waals surface area contributed by atoms with Gasteiger partial charge in [0.1, 0.15) is 0 Å². The highest BCUT2D eigenvalue weighted by Crippen LogP contribution is 2.42. The summed E-state index contributed by atoms with van der Waals surface area (Å²) in [4.78, 5) is 4.19. The number of hydrogen-bond acceptors (Lipinski definition) is 3. The fraction of sp³-hybridized carbons (Fsp3) is 0.0769. The average molecular weight is 262 g/mol. The van der Waals surface area contributed by atoms with Crippen molar-refractivity contribution >= 4 is 34.0 Å². The van der Waals surface area contributed by atoms with Crippen LogP contribution in [0.15, 0.2) is 40.4 Å². The molecule has 0 fully saturated rings. The van der Waals surface area contributed by atoms with Crippen molar-refractivity contribution in [2.24, 2.45) is 0 Å². The number of thiophene rings is 3. The summed E-state index contributed by atoms with van der Waals surface area (Å²) in [6, 6.07) is 8.73. The van der Waals surface area contributed by atoms with Gasteiger partial charge in [0.15, 0.2) is 0 Å². The molecule has 0 radical (unpaired) electrons. The maximum absolute atomic E-state index is 2.23. The van der Waals surface area contributed by atoms with E-state index in [1.54, 1.807) is 0 Å². The number of rotatable bonds is 2. The normalized spacial score (nSPS) is 10.8. The summed E-state index contributed by atoms with van der Waals surface area (Å²) in [7, 11) is 0. The van der Waals surface area contributed by atoms with Crippen molar-refractivity contribution in [3.8, 4) is 20.2 Å². The molecule has 0 aliphatic rings. The van der Waals surface area contributed by atoms with Crippen molar-refractivity contribution in [1.29, 1.82) is 0 Å². The predicted octanol–water partition coefficient (Wildman–Crippen LogP) is 5.51. The summed E-state index contributed by atoms with van der Waals surface area (Å²) in [6.45, 7) is 2.18. The van der Waals surface area contributed by atoms with Gasteiger partial charge in [-0.2, -0.15) is 0 Å². The van der Waals surface area contributed by atoms with Crippen LogP contribution in [0.1, 0.15) is 5.56 Å². The molecule has 0 aromatic carbocycles. The molecule has 3 rings (SSSR count). The molecule has 0 spiro atoms. The van der Waals surface area contributed by atoms with E-state index in [0.717, 1.165) is 0 Å². The first-order valence-corrected chi connectivity index (χ1v) is 7.66. The van der Waals surface area contributed by atoms with Gasteiger partial charge in [-0.15, -0.1) is 34.0 Å². The first kappa shape index (κ1) is 10.3. The minimum absolute atomic E-state index is 1.36. The molecular weight excluding hydrogens is 252 g/mol. The van der Waals surface area contributed by atoms with E-state index in [1.165, 1.54) is 25.8 Å². The number of aryl methyl sites for hydroxylation is 1. The molecular formula is C13H10S3. The van der Waals surface area contributed by atoms with Gasteiger partial charge in [0.2, 0.25) is 0 Å². The summed E-state index contributed by atoms with van der Waals surface area (Å²) in [5, 5.41) is 6.49. The van der Waals surface area contributed by atoms with Crippen LogP contribution in [0.2, 0.25) is 0 Å². The third kappa shape index (κ3) is 1.65. The Kier molecular flexibility index (Phi) is 2.67. The monoisotopic (exact) mass is 262 g/mol. The molecule has 3 heteroatoms. The Morgan fingerprint density at radius 1 is 0.812 bits per heavy atom. The summed E-state index contributed by atoms with van der Waals surface area (Å²) < 4.78 is 0. The lowest BCUT2D eigenvalue weighted by molar-refractivity contribution is 1.56. The van der Waals surface area contributed by atoms with E-state index in [2.05, 4.69) is 47.3 Å². The maximum atomic E-state index is 2.23. The van der Waals surface area contributed by atoms with Crippen LogP contribution in [-0.4, -0.2) is 0 Å². The molecule has 0 unspecified atom stereocenters. The molecule has 0 saturated carbocycles. The van der Waals surface area contributed by atoms with Crippen LogP contribution >= 0.6 is 34.0 Å². The molecule has 0 saturated heterocycles. The van der Waals surface area contributed by atoms with Crippen LogP contribution in [0.5, 0.6) is 0 Å². The Balaban J connectivity index is 2.17. The molecule has 3 aromatic heterocycles. The highest BCUT2D eigenvalue weighted by molar-refractivity contribution is 7.21. The summed E-state index contributed by atoms with van der Waals surface area (Å²) in [5.41, 5.74) is 2.76. The Morgan fingerprint density at radius 2 is 1.62 bits per heavy atom. The SMILES string of the molecule is Cc1ccsc1-c1sccc1-c1cccs1. The summed E-state index contributed by atoms with van der Waals surface area (Å²) in [5.74, 6) is 0. The molecule has 0 atom stereocenters. The Labute approximate surface area is 107 Å². The topological polar surface area (TPSA) is 0 Å². The Morgan fingerprint density at radius 3 is 2.31 bits per heavy atom. The molecule has 16 heavy (non-hydrogen) atoms. The van der Waals surface area contributed by atoms with Crippen molar-refractivity contribution < 1.29 is 0 Å². The van der Waals surface area contributed by atoms with Gasteiger partial charge in [-0.1, -0.05) is 6.07 Å². The maximum Gasteiger partial charge on any atom is 0.0531 e. The van der Waals surface area contributed by atoms with Crippen molar-refractivity contribution in [1.82, 2.24) is 0 Å². The van der Waals surface area contributed by atoms with Gasteiger partial charge in [0.25, 0.3) is 0 Å². The van der Waals surface area contributed by atoms with Gasteiger partial charge < -0.3 is 0 Å². The average Bonchev–Trinajstić information content (AvgIpc) is 2.95. The predicted molar refractivity (Wildman–Crippen MR) is 75.7 cm³/mol. The van der Waals surface area contributed by atoms with E-state index in [1.807, 2.05) is 34.0 Å². The molecule has 0 nitrogen and oxygen atoms in total. The van der Waals surface area contributed by atoms with Crippen LogP contribution in [0, 0.1) is 6.92 Å². The van der Waals surface area contributed by atoms with Gasteiger partial charge in [-0.25, -0.2) is 0 Å². The molecule has 0 bridgehead atoms. The lowest BCUT2D eigenvalue weighted by atomic mass is 10.1. The van der Waals surface area contributed by atoms with Gasteiger partial charge in [-0.05, 0) is 46.8 Å². The minimum Gasteiger partial charge on any atom is -0.144 e. The molecule has 0 amide bonds. The van der Waals surface area contributed by atoms with Crippen LogP contribution in [0.3, 0.4) is 0 Å². The van der Waals surface area contributed by atoms with Gasteiger partial charge >= 0.3 is 0 Å². The second-order valence-electron chi connectivity index (χ2n) is 3.57. The third-order valence-electron chi connectivity index (χ3n) is 2.52. The van der Waals surface area contributed by atoms with Crippen LogP contribution < -0.4 is 0 Å². The fourth-order valence-corrected chi connectivity index (χ4v) is 4.62. The smallest absolute Gasteiger partial charge is 0.0531 e. The highest BCUT2D eigenvalue weighted by atomic mass is 32.1. The lowest BCUT2D eigenvalue weighted by Gasteiger charge is -2.00. The van der Waals surface area contributed by atoms with Gasteiger partial charge in [0, 0.05) is 15.3 Å². The van der Waals surface area contributed by atoms with E-state index in [4.69, 9.17) is 0 Å². The third-order valence-corrected chi connectivity index (χ3v) is 5.52. The van der Waals surface area contributed by atoms with Crippen molar-refractivity contribution in [2.75, 3.05) is 0 Å². The second kappa shape index (κ2) is 4.17. The van der Waals surface area contributed by atoms with Crippen molar-refractivity contribution in [3.05, 3.63) is 46.0 Å². The Bertz CT molecular complexity index is 584. The first-order valence-electron chi connectivity index (χ1n) is 5.02. The van der Waals surface area contributed by atoms with E-state index >= 15 is 0 Å². The van der Waals surface area contributed by atoms with E-state index in [0.29, 0.717) is 0 Å². The standard InChI is InChI=1S/C13H10S3/c1-9-4-7-15-12(9)13-10(5-8-16-13)11-3-2-6-14-11/h2-8H,1H3. The quantitative estimate of drug-likeness (QED) is 0.571. The molecule has 3 aromatic rings. The highest BCUT2D eigenvalue weighted by Gasteiger charge is 2.12. The first-order chi connectivity index (χ1) is 7.86. The van der Waals surface area contributed by atoms with Gasteiger partial charge in [0.05, 0.1) is 4.88 Å². The second-order valence-corrected chi connectivity index (χ2v) is 6.35. The minimum atomic E-state index is 1.36. The molecule has 0 aliphatic carbocycles. The van der Waals surface area contributed by atoms with Crippen molar-refractivity contribution in [3.63, 3.8) is 0 Å². The van der Waals surface area contributed by atoms with Crippen LogP contribution in [0.25, 0.3) is 20.2 Å². The zero-order valence-electron chi connectivity index (χ0n) is 8.77. The molecule has 0 N–H and O–H groups in total. The zero-order valence-corrected chi connectivity index (χ0v) is 11.2. The molecule has 3 heterocycles. The zero-order chi connectivity index (χ0) is 11.0. The summed E-state index contributed by atoms with van der Waals surface area (Å²) >= 11 is 5.48. The van der Waals surface area contributed by atoms with Crippen LogP contribution in [0.4, 0.5) is 0 Å². The van der Waals surface area contributed by atoms with E-state index < -0.39 is 0 Å². The Hall–Kier alpha value is -0.900. The van der Waals surface area contributed by atoms with Crippen LogP contribution in [-0.2, 0) is 0 Å². The summed E-state index contributed by atoms with van der Waals surface area (Å²) in [6.07, 6.45) is 0. The largest absolute Gasteiger partial charge is 0.144 e. The van der Waals surface area contributed by atoms with Crippen molar-refractivity contribution in [2.45, 2.75) is 6.92 Å². The molecule has 0 aliphatic heterocycles. The fourth-order valence-electron chi connectivity index (χ4n) is 1.72.